The zero-order chi connectivity index (χ0) is 9.72. The van der Waals surface area contributed by atoms with Gasteiger partial charge in [0.15, 0.2) is 12.2 Å². The summed E-state index contributed by atoms with van der Waals surface area (Å²) in [5.41, 5.74) is 0. The van der Waals surface area contributed by atoms with Gasteiger partial charge in [0, 0.05) is 0 Å². The average molecular weight is 180 g/mol. The molecule has 12 heavy (non-hydrogen) atoms. The molecular weight excluding hydrogens is 172 g/mol. The summed E-state index contributed by atoms with van der Waals surface area (Å²) in [5.74, 6) is -3.38. The predicted octanol–water partition coefficient (Wildman–Crippen LogP) is -2.15. The van der Waals surface area contributed by atoms with Crippen LogP contribution in [-0.2, 0) is 14.3 Å². The highest BCUT2D eigenvalue weighted by atomic mass is 16.6. The van der Waals surface area contributed by atoms with Crippen molar-refractivity contribution in [3.8, 4) is 0 Å². The Balaban J connectivity index is 4.28. The lowest BCUT2D eigenvalue weighted by Crippen LogP contribution is -2.41. The molecule has 0 heterocycles. The van der Waals surface area contributed by atoms with Crippen LogP contribution in [0.4, 0.5) is 0 Å². The van der Waals surface area contributed by atoms with E-state index in [2.05, 4.69) is 4.74 Å². The quantitative estimate of drug-likeness (QED) is 0.355. The molecule has 0 aromatic carbocycles. The minimum atomic E-state index is -2.19. The van der Waals surface area contributed by atoms with E-state index in [1.165, 1.54) is 0 Å². The molecule has 0 saturated heterocycles. The second-order valence-corrected chi connectivity index (χ2v) is 1.84. The summed E-state index contributed by atoms with van der Waals surface area (Å²) in [6.07, 6.45) is -4.14. The second-order valence-electron chi connectivity index (χ2n) is 1.84. The maximum atomic E-state index is 10.2. The molecule has 0 aliphatic heterocycles. The summed E-state index contributed by atoms with van der Waals surface area (Å²) < 4.78 is 4.05. The van der Waals surface area contributed by atoms with Gasteiger partial charge in [-0.2, -0.15) is 0 Å². The van der Waals surface area contributed by atoms with Crippen molar-refractivity contribution in [2.45, 2.75) is 12.2 Å². The number of ether oxygens (including phenoxy) is 1. The van der Waals surface area contributed by atoms with Gasteiger partial charge in [0.1, 0.15) is 6.79 Å². The molecule has 0 rings (SSSR count). The van der Waals surface area contributed by atoms with Crippen LogP contribution < -0.4 is 0 Å². The number of carbonyl (C=O) groups is 2. The highest BCUT2D eigenvalue weighted by molar-refractivity contribution is 5.83. The molecule has 2 unspecified atom stereocenters. The number of rotatable bonds is 5. The van der Waals surface area contributed by atoms with Gasteiger partial charge in [0.25, 0.3) is 0 Å². The van der Waals surface area contributed by atoms with Crippen LogP contribution in [0.25, 0.3) is 0 Å². The highest BCUT2D eigenvalue weighted by Gasteiger charge is 2.32. The van der Waals surface area contributed by atoms with Crippen molar-refractivity contribution in [2.24, 2.45) is 0 Å². The van der Waals surface area contributed by atoms with Crippen molar-refractivity contribution in [1.29, 1.82) is 0 Å². The maximum Gasteiger partial charge on any atom is 0.336 e. The molecule has 0 radical (unpaired) electrons. The second kappa shape index (κ2) is 4.65. The van der Waals surface area contributed by atoms with Crippen molar-refractivity contribution in [1.82, 2.24) is 0 Å². The van der Waals surface area contributed by atoms with Crippen LogP contribution >= 0.6 is 0 Å². The minimum Gasteiger partial charge on any atom is -0.479 e. The average Bonchev–Trinajstić information content (AvgIpc) is 1.98. The summed E-state index contributed by atoms with van der Waals surface area (Å²) in [7, 11) is 0. The van der Waals surface area contributed by atoms with E-state index in [-0.39, 0.29) is 0 Å². The Morgan fingerprint density at radius 3 is 2.00 bits per heavy atom. The first-order valence-corrected chi connectivity index (χ1v) is 2.86. The molecule has 0 aliphatic rings. The van der Waals surface area contributed by atoms with Crippen LogP contribution in [0.5, 0.6) is 0 Å². The molecule has 70 valence electrons. The lowest BCUT2D eigenvalue weighted by Gasteiger charge is -2.14. The Morgan fingerprint density at radius 1 is 1.25 bits per heavy atom. The highest BCUT2D eigenvalue weighted by Crippen LogP contribution is 1.99. The molecule has 0 aliphatic carbocycles. The molecule has 2 atom stereocenters. The van der Waals surface area contributed by atoms with Gasteiger partial charge in [-0.05, 0) is 0 Å². The van der Waals surface area contributed by atoms with E-state index in [1.807, 2.05) is 0 Å². The van der Waals surface area contributed by atoms with E-state index in [9.17, 15) is 9.59 Å². The lowest BCUT2D eigenvalue weighted by atomic mass is 10.2. The predicted molar refractivity (Wildman–Crippen MR) is 33.2 cm³/mol. The summed E-state index contributed by atoms with van der Waals surface area (Å²) in [4.78, 5) is 20.2. The van der Waals surface area contributed by atoms with Gasteiger partial charge in [0.2, 0.25) is 0 Å². The molecule has 0 aromatic rings. The van der Waals surface area contributed by atoms with Crippen LogP contribution in [0.3, 0.4) is 0 Å². The third-order valence-corrected chi connectivity index (χ3v) is 1.04. The first kappa shape index (κ1) is 10.8. The van der Waals surface area contributed by atoms with E-state index < -0.39 is 30.9 Å². The number of aliphatic hydroxyl groups excluding tert-OH is 2. The summed E-state index contributed by atoms with van der Waals surface area (Å²) in [5, 5.41) is 33.2. The zero-order valence-corrected chi connectivity index (χ0v) is 5.88. The number of hydrogen-bond donors (Lipinski definition) is 4. The standard InChI is InChI=1S/C5H8O7/c6-1-12-3(5(10)11)2(7)4(8)9/h2-3,6-7H,1H2,(H,8,9)(H,10,11). The number of carboxylic acid groups (broad SMARTS) is 2. The fraction of sp³-hybridized carbons (Fsp3) is 0.600. The van der Waals surface area contributed by atoms with Gasteiger partial charge in [-0.3, -0.25) is 0 Å². The first-order valence-electron chi connectivity index (χ1n) is 2.86. The van der Waals surface area contributed by atoms with E-state index >= 15 is 0 Å². The topological polar surface area (TPSA) is 124 Å². The van der Waals surface area contributed by atoms with Crippen LogP contribution in [0.2, 0.25) is 0 Å². The molecule has 0 aromatic heterocycles. The van der Waals surface area contributed by atoms with Gasteiger partial charge in [0.05, 0.1) is 0 Å². The van der Waals surface area contributed by atoms with Crippen molar-refractivity contribution < 1.29 is 34.8 Å². The third kappa shape index (κ3) is 2.82. The monoisotopic (exact) mass is 180 g/mol. The first-order chi connectivity index (χ1) is 5.50. The molecule has 0 fully saturated rings. The number of hydrogen-bond acceptors (Lipinski definition) is 5. The van der Waals surface area contributed by atoms with Crippen LogP contribution in [0.15, 0.2) is 0 Å². The van der Waals surface area contributed by atoms with Crippen molar-refractivity contribution >= 4 is 11.9 Å². The number of aliphatic carboxylic acids is 2. The molecule has 0 amide bonds. The van der Waals surface area contributed by atoms with Crippen LogP contribution in [-0.4, -0.2) is 51.4 Å². The van der Waals surface area contributed by atoms with E-state index in [4.69, 9.17) is 20.4 Å². The minimum absolute atomic E-state index is 0.971. The van der Waals surface area contributed by atoms with E-state index in [0.29, 0.717) is 0 Å². The summed E-state index contributed by atoms with van der Waals surface area (Å²) >= 11 is 0. The Bertz CT molecular complexity index is 177. The van der Waals surface area contributed by atoms with Crippen molar-refractivity contribution in [3.05, 3.63) is 0 Å². The SMILES string of the molecule is O=C(O)C(O)C(OCO)C(=O)O. The molecular formula is C5H8O7. The molecule has 0 spiro atoms. The van der Waals surface area contributed by atoms with Gasteiger partial charge in [-0.25, -0.2) is 9.59 Å². The van der Waals surface area contributed by atoms with Gasteiger partial charge in [-0.1, -0.05) is 0 Å². The van der Waals surface area contributed by atoms with Crippen LogP contribution in [0.1, 0.15) is 0 Å². The molecule has 7 heteroatoms. The Hall–Kier alpha value is -1.18. The zero-order valence-electron chi connectivity index (χ0n) is 5.88. The Morgan fingerprint density at radius 2 is 1.75 bits per heavy atom. The van der Waals surface area contributed by atoms with Crippen LogP contribution in [0, 0.1) is 0 Å². The van der Waals surface area contributed by atoms with Gasteiger partial charge >= 0.3 is 11.9 Å². The Labute approximate surface area is 66.8 Å². The van der Waals surface area contributed by atoms with E-state index in [1.54, 1.807) is 0 Å². The van der Waals surface area contributed by atoms with Crippen molar-refractivity contribution in [2.75, 3.05) is 6.79 Å². The largest absolute Gasteiger partial charge is 0.479 e. The lowest BCUT2D eigenvalue weighted by molar-refractivity contribution is -0.178. The summed E-state index contributed by atoms with van der Waals surface area (Å²) in [6, 6.07) is 0. The number of carboxylic acids is 2. The smallest absolute Gasteiger partial charge is 0.336 e. The maximum absolute atomic E-state index is 10.2. The fourth-order valence-electron chi connectivity index (χ4n) is 0.507. The summed E-state index contributed by atoms with van der Waals surface area (Å²) in [6.45, 7) is -0.971. The number of aliphatic hydroxyl groups is 2. The van der Waals surface area contributed by atoms with Crippen molar-refractivity contribution in [3.63, 3.8) is 0 Å². The van der Waals surface area contributed by atoms with E-state index in [0.717, 1.165) is 0 Å². The molecule has 0 saturated carbocycles. The molecule has 0 bridgehead atoms. The molecule has 7 nitrogen and oxygen atoms in total. The van der Waals surface area contributed by atoms with Gasteiger partial charge in [-0.15, -0.1) is 0 Å². The Kier molecular flexibility index (Phi) is 4.19. The fourth-order valence-corrected chi connectivity index (χ4v) is 0.507. The normalized spacial score (nSPS) is 15.2. The van der Waals surface area contributed by atoms with Gasteiger partial charge < -0.3 is 25.2 Å². The third-order valence-electron chi connectivity index (χ3n) is 1.04. The molecule has 4 N–H and O–H groups in total.